The lowest BCUT2D eigenvalue weighted by molar-refractivity contribution is -0.132. The minimum atomic E-state index is -0.202. The van der Waals surface area contributed by atoms with Crippen LogP contribution < -0.4 is 5.32 Å². The first-order valence-electron chi connectivity index (χ1n) is 10.4. The molecule has 1 aromatic heterocycles. The molecular weight excluding hydrogens is 428 g/mol. The topological polar surface area (TPSA) is 85.8 Å². The first-order chi connectivity index (χ1) is 15.0. The van der Waals surface area contributed by atoms with Crippen LogP contribution in [-0.2, 0) is 16.8 Å². The second kappa shape index (κ2) is 9.20. The van der Waals surface area contributed by atoms with Crippen molar-refractivity contribution >= 4 is 29.1 Å². The molecule has 1 aromatic carbocycles. The molecule has 0 unspecified atom stereocenters. The van der Waals surface area contributed by atoms with Gasteiger partial charge in [0, 0.05) is 31.2 Å². The highest BCUT2D eigenvalue weighted by molar-refractivity contribution is 6.31. The molecule has 0 bridgehead atoms. The fourth-order valence-corrected chi connectivity index (χ4v) is 3.96. The Morgan fingerprint density at radius 3 is 2.66 bits per heavy atom. The summed E-state index contributed by atoms with van der Waals surface area (Å²) in [5, 5.41) is 14.0. The number of amides is 2. The van der Waals surface area contributed by atoms with Gasteiger partial charge in [-0.15, -0.1) is 0 Å². The third-order valence-electron chi connectivity index (χ3n) is 5.60. The zero-order valence-corrected chi connectivity index (χ0v) is 19.6. The summed E-state index contributed by atoms with van der Waals surface area (Å²) >= 11 is 6.30. The predicted molar refractivity (Wildman–Crippen MR) is 126 cm³/mol. The predicted octanol–water partition coefficient (Wildman–Crippen LogP) is 3.82. The number of nitrogens with one attached hydrogen (secondary N) is 1. The number of aromatic nitrogens is 1. The molecule has 2 N–H and O–H groups in total. The van der Waals surface area contributed by atoms with Crippen LogP contribution in [0.25, 0.3) is 0 Å². The first-order valence-corrected chi connectivity index (χ1v) is 10.8. The minimum absolute atomic E-state index is 0.0446. The van der Waals surface area contributed by atoms with Gasteiger partial charge in [0.15, 0.2) is 0 Å². The SMILES string of the molecule is C=CC(=O)N1CC(N(C)C(=O)c2cccc(CNc3cc(C(C)(C)C)c(Cl)cc3O)n2)C1. The molecule has 7 nitrogen and oxygen atoms in total. The van der Waals surface area contributed by atoms with Crippen molar-refractivity contribution in [3.8, 4) is 5.75 Å². The Labute approximate surface area is 193 Å². The molecule has 0 radical (unpaired) electrons. The van der Waals surface area contributed by atoms with Gasteiger partial charge in [0.1, 0.15) is 11.4 Å². The Hall–Kier alpha value is -3.06. The molecule has 2 amide bonds. The van der Waals surface area contributed by atoms with Crippen molar-refractivity contribution in [3.63, 3.8) is 0 Å². The summed E-state index contributed by atoms with van der Waals surface area (Å²) in [6, 6.07) is 8.60. The summed E-state index contributed by atoms with van der Waals surface area (Å²) < 4.78 is 0. The van der Waals surface area contributed by atoms with E-state index in [1.807, 2.05) is 12.1 Å². The minimum Gasteiger partial charge on any atom is -0.506 e. The maximum Gasteiger partial charge on any atom is 0.272 e. The van der Waals surface area contributed by atoms with E-state index in [0.717, 1.165) is 5.56 Å². The lowest BCUT2D eigenvalue weighted by Crippen LogP contribution is -2.61. The Balaban J connectivity index is 1.68. The van der Waals surface area contributed by atoms with E-state index in [1.165, 1.54) is 12.1 Å². The van der Waals surface area contributed by atoms with Crippen LogP contribution in [0.5, 0.6) is 5.75 Å². The normalized spacial score (nSPS) is 14.0. The van der Waals surface area contributed by atoms with E-state index in [2.05, 4.69) is 37.7 Å². The van der Waals surface area contributed by atoms with Gasteiger partial charge < -0.3 is 20.2 Å². The second-order valence-corrected chi connectivity index (χ2v) is 9.39. The second-order valence-electron chi connectivity index (χ2n) is 8.98. The average molecular weight is 457 g/mol. The highest BCUT2D eigenvalue weighted by atomic mass is 35.5. The lowest BCUT2D eigenvalue weighted by Gasteiger charge is -2.43. The van der Waals surface area contributed by atoms with Gasteiger partial charge in [-0.25, -0.2) is 4.98 Å². The number of nitrogens with zero attached hydrogens (tertiary/aromatic N) is 3. The number of carbonyl (C=O) groups excluding carboxylic acids is 2. The number of likely N-dealkylation sites (tertiary alicyclic amines) is 1. The molecule has 2 aromatic rings. The molecule has 1 aliphatic heterocycles. The maximum absolute atomic E-state index is 12.9. The van der Waals surface area contributed by atoms with E-state index < -0.39 is 0 Å². The van der Waals surface area contributed by atoms with E-state index in [1.54, 1.807) is 29.0 Å². The van der Waals surface area contributed by atoms with Crippen molar-refractivity contribution in [1.82, 2.24) is 14.8 Å². The fourth-order valence-electron chi connectivity index (χ4n) is 3.52. The Kier molecular flexibility index (Phi) is 6.79. The zero-order valence-electron chi connectivity index (χ0n) is 18.9. The number of phenolic OH excluding ortho intramolecular Hbond substituents is 1. The summed E-state index contributed by atoms with van der Waals surface area (Å²) in [6.45, 7) is 10.9. The van der Waals surface area contributed by atoms with Crippen molar-refractivity contribution in [3.05, 3.63) is 65.0 Å². The Morgan fingerprint density at radius 1 is 1.34 bits per heavy atom. The zero-order chi connectivity index (χ0) is 23.6. The van der Waals surface area contributed by atoms with Gasteiger partial charge in [-0.1, -0.05) is 45.0 Å². The molecule has 8 heteroatoms. The third-order valence-corrected chi connectivity index (χ3v) is 5.91. The molecule has 0 aliphatic carbocycles. The van der Waals surface area contributed by atoms with Crippen molar-refractivity contribution in [2.45, 2.75) is 38.8 Å². The molecule has 3 rings (SSSR count). The molecule has 32 heavy (non-hydrogen) atoms. The maximum atomic E-state index is 12.9. The number of hydrogen-bond donors (Lipinski definition) is 2. The quantitative estimate of drug-likeness (QED) is 0.509. The van der Waals surface area contributed by atoms with Crippen LogP contribution in [-0.4, -0.2) is 57.9 Å². The third kappa shape index (κ3) is 5.05. The number of phenols is 1. The number of benzene rings is 1. The van der Waals surface area contributed by atoms with Gasteiger partial charge >= 0.3 is 0 Å². The number of hydrogen-bond acceptors (Lipinski definition) is 5. The lowest BCUT2D eigenvalue weighted by atomic mass is 9.86. The molecule has 1 aliphatic rings. The van der Waals surface area contributed by atoms with Gasteiger partial charge in [0.25, 0.3) is 5.91 Å². The number of rotatable bonds is 6. The van der Waals surface area contributed by atoms with Crippen molar-refractivity contribution in [2.24, 2.45) is 0 Å². The van der Waals surface area contributed by atoms with Crippen LogP contribution in [0, 0.1) is 0 Å². The van der Waals surface area contributed by atoms with Crippen molar-refractivity contribution in [2.75, 3.05) is 25.5 Å². The number of carbonyl (C=O) groups is 2. The summed E-state index contributed by atoms with van der Waals surface area (Å²) in [5.74, 6) is -0.279. The molecule has 2 heterocycles. The molecular formula is C24H29ClN4O3. The largest absolute Gasteiger partial charge is 0.506 e. The van der Waals surface area contributed by atoms with Crippen LogP contribution in [0.3, 0.4) is 0 Å². The van der Waals surface area contributed by atoms with Gasteiger partial charge in [-0.05, 0) is 35.3 Å². The molecule has 0 saturated carbocycles. The number of pyridine rings is 1. The monoisotopic (exact) mass is 456 g/mol. The van der Waals surface area contributed by atoms with Gasteiger partial charge in [-0.2, -0.15) is 0 Å². The molecule has 170 valence electrons. The molecule has 0 atom stereocenters. The Morgan fingerprint density at radius 2 is 2.03 bits per heavy atom. The summed E-state index contributed by atoms with van der Waals surface area (Å²) in [6.07, 6.45) is 1.28. The van der Waals surface area contributed by atoms with E-state index in [0.29, 0.717) is 41.7 Å². The molecule has 1 saturated heterocycles. The summed E-state index contributed by atoms with van der Waals surface area (Å²) in [5.41, 5.74) is 2.28. The van der Waals surface area contributed by atoms with Crippen LogP contribution in [0.15, 0.2) is 43.0 Å². The smallest absolute Gasteiger partial charge is 0.272 e. The number of anilines is 1. The highest BCUT2D eigenvalue weighted by Gasteiger charge is 2.35. The van der Waals surface area contributed by atoms with E-state index >= 15 is 0 Å². The number of aromatic hydroxyl groups is 1. The van der Waals surface area contributed by atoms with E-state index in [4.69, 9.17) is 11.6 Å². The highest BCUT2D eigenvalue weighted by Crippen LogP contribution is 2.37. The summed E-state index contributed by atoms with van der Waals surface area (Å²) in [4.78, 5) is 32.2. The van der Waals surface area contributed by atoms with Gasteiger partial charge in [0.05, 0.1) is 24.0 Å². The van der Waals surface area contributed by atoms with Crippen LogP contribution in [0.4, 0.5) is 5.69 Å². The molecule has 0 spiro atoms. The van der Waals surface area contributed by atoms with Crippen LogP contribution in [0.2, 0.25) is 5.02 Å². The van der Waals surface area contributed by atoms with Crippen LogP contribution in [0.1, 0.15) is 42.5 Å². The molecule has 1 fully saturated rings. The standard InChI is InChI=1S/C24H29ClN4O3/c1-6-22(31)29-13-16(14-29)28(5)23(32)19-9-7-8-15(27-19)12-26-20-10-17(24(2,3)4)18(25)11-21(20)30/h6-11,16,26,30H,1,12-14H2,2-5H3. The van der Waals surface area contributed by atoms with Crippen molar-refractivity contribution < 1.29 is 14.7 Å². The van der Waals surface area contributed by atoms with Gasteiger partial charge in [-0.3, -0.25) is 9.59 Å². The van der Waals surface area contributed by atoms with Gasteiger partial charge in [0.2, 0.25) is 5.91 Å². The van der Waals surface area contributed by atoms with E-state index in [-0.39, 0.29) is 29.0 Å². The van der Waals surface area contributed by atoms with Crippen LogP contribution >= 0.6 is 11.6 Å². The fraction of sp³-hybridized carbons (Fsp3) is 0.375. The average Bonchev–Trinajstić information content (AvgIpc) is 2.70. The number of likely N-dealkylation sites (N-methyl/N-ethyl adjacent to an activating group) is 1. The van der Waals surface area contributed by atoms with Crippen molar-refractivity contribution in [1.29, 1.82) is 0 Å². The van der Waals surface area contributed by atoms with E-state index in [9.17, 15) is 14.7 Å². The Bertz CT molecular complexity index is 1040. The first kappa shape index (κ1) is 23.6. The summed E-state index contributed by atoms with van der Waals surface area (Å²) in [7, 11) is 1.72. The number of halogens is 1.